The summed E-state index contributed by atoms with van der Waals surface area (Å²) in [7, 11) is 0. The molecular weight excluding hydrogens is 232 g/mol. The lowest BCUT2D eigenvalue weighted by Gasteiger charge is -2.45. The van der Waals surface area contributed by atoms with Gasteiger partial charge in [-0.25, -0.2) is 0 Å². The highest BCUT2D eigenvalue weighted by atomic mass is 15.2. The Morgan fingerprint density at radius 3 is 2.37 bits per heavy atom. The van der Waals surface area contributed by atoms with Crippen LogP contribution in [0.3, 0.4) is 0 Å². The van der Waals surface area contributed by atoms with Crippen LogP contribution in [0.1, 0.15) is 35.1 Å². The average Bonchev–Trinajstić information content (AvgIpc) is 2.43. The molecule has 3 aliphatic rings. The maximum absolute atomic E-state index is 3.82. The van der Waals surface area contributed by atoms with Gasteiger partial charge >= 0.3 is 0 Å². The molecule has 0 spiro atoms. The van der Waals surface area contributed by atoms with Crippen molar-refractivity contribution in [1.82, 2.24) is 10.2 Å². The number of aryl methyl sites for hydroxylation is 3. The molecule has 1 aromatic rings. The summed E-state index contributed by atoms with van der Waals surface area (Å²) in [4.78, 5) is 2.62. The Morgan fingerprint density at radius 1 is 1.05 bits per heavy atom. The largest absolute Gasteiger partial charge is 0.308 e. The van der Waals surface area contributed by atoms with E-state index in [0.29, 0.717) is 6.04 Å². The van der Waals surface area contributed by atoms with Gasteiger partial charge < -0.3 is 10.2 Å². The van der Waals surface area contributed by atoms with E-state index in [1.807, 2.05) is 0 Å². The molecule has 1 aromatic carbocycles. The first-order valence-corrected chi connectivity index (χ1v) is 7.66. The number of nitrogens with zero attached hydrogens (tertiary/aromatic N) is 1. The van der Waals surface area contributed by atoms with Crippen LogP contribution in [0.15, 0.2) is 12.1 Å². The summed E-state index contributed by atoms with van der Waals surface area (Å²) in [5.41, 5.74) is 5.72. The Balaban J connectivity index is 1.65. The van der Waals surface area contributed by atoms with Gasteiger partial charge in [-0.3, -0.25) is 0 Å². The van der Waals surface area contributed by atoms with Crippen LogP contribution in [-0.4, -0.2) is 30.6 Å². The molecule has 0 aliphatic carbocycles. The van der Waals surface area contributed by atoms with Crippen molar-refractivity contribution in [3.8, 4) is 0 Å². The minimum absolute atomic E-state index is 0.712. The first kappa shape index (κ1) is 13.1. The van der Waals surface area contributed by atoms with Crippen LogP contribution in [0, 0.1) is 26.7 Å². The van der Waals surface area contributed by atoms with Gasteiger partial charge in [0.15, 0.2) is 0 Å². The zero-order valence-electron chi connectivity index (χ0n) is 12.5. The van der Waals surface area contributed by atoms with E-state index in [-0.39, 0.29) is 0 Å². The molecule has 104 valence electrons. The van der Waals surface area contributed by atoms with Gasteiger partial charge in [0.05, 0.1) is 0 Å². The van der Waals surface area contributed by atoms with Crippen molar-refractivity contribution in [3.63, 3.8) is 0 Å². The lowest BCUT2D eigenvalue weighted by molar-refractivity contribution is 0.0720. The average molecular weight is 258 g/mol. The predicted molar refractivity (Wildman–Crippen MR) is 80.4 cm³/mol. The number of piperidine rings is 3. The standard InChI is InChI=1S/C17H26N2/c1-12-8-14(3)16(9-13(12)2)10-18-17-11-19-6-4-15(17)5-7-19/h8-9,15,17-18H,4-7,10-11H2,1-3H3. The summed E-state index contributed by atoms with van der Waals surface area (Å²) >= 11 is 0. The van der Waals surface area contributed by atoms with E-state index in [1.165, 1.54) is 54.7 Å². The molecule has 1 unspecified atom stereocenters. The molecule has 2 nitrogen and oxygen atoms in total. The Hall–Kier alpha value is -0.860. The fourth-order valence-corrected chi connectivity index (χ4v) is 3.65. The third-order valence-electron chi connectivity index (χ3n) is 5.16. The Morgan fingerprint density at radius 2 is 1.74 bits per heavy atom. The van der Waals surface area contributed by atoms with Crippen molar-refractivity contribution in [2.24, 2.45) is 5.92 Å². The summed E-state index contributed by atoms with van der Waals surface area (Å²) in [6.45, 7) is 11.6. The van der Waals surface area contributed by atoms with Crippen molar-refractivity contribution in [2.75, 3.05) is 19.6 Å². The quantitative estimate of drug-likeness (QED) is 0.897. The van der Waals surface area contributed by atoms with Gasteiger partial charge in [-0.05, 0) is 74.9 Å². The predicted octanol–water partition coefficient (Wildman–Crippen LogP) is 2.80. The first-order chi connectivity index (χ1) is 9.13. The summed E-state index contributed by atoms with van der Waals surface area (Å²) in [5.74, 6) is 0.914. The highest BCUT2D eigenvalue weighted by Crippen LogP contribution is 2.27. The summed E-state index contributed by atoms with van der Waals surface area (Å²) < 4.78 is 0. The van der Waals surface area contributed by atoms with Gasteiger partial charge in [-0.2, -0.15) is 0 Å². The molecule has 19 heavy (non-hydrogen) atoms. The van der Waals surface area contributed by atoms with E-state index < -0.39 is 0 Å². The second-order valence-electron chi connectivity index (χ2n) is 6.49. The number of benzene rings is 1. The van der Waals surface area contributed by atoms with E-state index in [0.717, 1.165) is 12.5 Å². The third-order valence-corrected chi connectivity index (χ3v) is 5.16. The van der Waals surface area contributed by atoms with Crippen molar-refractivity contribution in [2.45, 2.75) is 46.2 Å². The van der Waals surface area contributed by atoms with Gasteiger partial charge in [0.2, 0.25) is 0 Å². The third kappa shape index (κ3) is 2.70. The van der Waals surface area contributed by atoms with Crippen LogP contribution in [0.25, 0.3) is 0 Å². The van der Waals surface area contributed by atoms with E-state index in [1.54, 1.807) is 0 Å². The first-order valence-electron chi connectivity index (χ1n) is 7.66. The molecule has 3 aliphatic heterocycles. The zero-order valence-corrected chi connectivity index (χ0v) is 12.5. The second kappa shape index (κ2) is 5.26. The topological polar surface area (TPSA) is 15.3 Å². The van der Waals surface area contributed by atoms with Gasteiger partial charge in [0.1, 0.15) is 0 Å². The molecule has 0 radical (unpaired) electrons. The number of fused-ring (bicyclic) bond motifs is 3. The van der Waals surface area contributed by atoms with Gasteiger partial charge in [-0.1, -0.05) is 12.1 Å². The van der Waals surface area contributed by atoms with Gasteiger partial charge in [0, 0.05) is 19.1 Å². The maximum Gasteiger partial charge on any atom is 0.0227 e. The maximum atomic E-state index is 3.82. The molecule has 1 atom stereocenters. The van der Waals surface area contributed by atoms with Crippen LogP contribution in [0.4, 0.5) is 0 Å². The smallest absolute Gasteiger partial charge is 0.0227 e. The molecular formula is C17H26N2. The van der Waals surface area contributed by atoms with Gasteiger partial charge in [0.25, 0.3) is 0 Å². The summed E-state index contributed by atoms with van der Waals surface area (Å²) in [6, 6.07) is 5.39. The molecule has 3 fully saturated rings. The van der Waals surface area contributed by atoms with Crippen molar-refractivity contribution < 1.29 is 0 Å². The Bertz CT molecular complexity index is 459. The van der Waals surface area contributed by atoms with Crippen LogP contribution in [0.5, 0.6) is 0 Å². The molecule has 2 bridgehead atoms. The molecule has 1 N–H and O–H groups in total. The fraction of sp³-hybridized carbons (Fsp3) is 0.647. The molecule has 0 amide bonds. The van der Waals surface area contributed by atoms with E-state index in [2.05, 4.69) is 43.1 Å². The van der Waals surface area contributed by atoms with Crippen LogP contribution < -0.4 is 5.32 Å². The van der Waals surface area contributed by atoms with Gasteiger partial charge in [-0.15, -0.1) is 0 Å². The molecule has 2 heteroatoms. The fourth-order valence-electron chi connectivity index (χ4n) is 3.65. The van der Waals surface area contributed by atoms with E-state index in [9.17, 15) is 0 Å². The number of hydrogen-bond acceptors (Lipinski definition) is 2. The van der Waals surface area contributed by atoms with Crippen LogP contribution in [0.2, 0.25) is 0 Å². The number of rotatable bonds is 3. The Kier molecular flexibility index (Phi) is 3.64. The van der Waals surface area contributed by atoms with Crippen molar-refractivity contribution >= 4 is 0 Å². The highest BCUT2D eigenvalue weighted by molar-refractivity contribution is 5.36. The number of nitrogens with one attached hydrogen (secondary N) is 1. The molecule has 4 rings (SSSR count). The van der Waals surface area contributed by atoms with Crippen LogP contribution in [-0.2, 0) is 6.54 Å². The molecule has 0 saturated carbocycles. The zero-order chi connectivity index (χ0) is 13.4. The minimum atomic E-state index is 0.712. The lowest BCUT2D eigenvalue weighted by Crippen LogP contribution is -2.55. The lowest BCUT2D eigenvalue weighted by atomic mass is 9.84. The van der Waals surface area contributed by atoms with Crippen LogP contribution >= 0.6 is 0 Å². The molecule has 3 saturated heterocycles. The van der Waals surface area contributed by atoms with Crippen molar-refractivity contribution in [1.29, 1.82) is 0 Å². The SMILES string of the molecule is Cc1cc(C)c(CNC2CN3CCC2CC3)cc1C. The molecule has 0 aromatic heterocycles. The second-order valence-corrected chi connectivity index (χ2v) is 6.49. The molecule has 3 heterocycles. The summed E-state index contributed by atoms with van der Waals surface area (Å²) in [6.07, 6.45) is 2.78. The summed E-state index contributed by atoms with van der Waals surface area (Å²) in [5, 5.41) is 3.82. The normalized spacial score (nSPS) is 29.7. The Labute approximate surface area is 117 Å². The van der Waals surface area contributed by atoms with Crippen molar-refractivity contribution in [3.05, 3.63) is 34.4 Å². The monoisotopic (exact) mass is 258 g/mol. The van der Waals surface area contributed by atoms with E-state index >= 15 is 0 Å². The minimum Gasteiger partial charge on any atom is -0.308 e. The van der Waals surface area contributed by atoms with E-state index in [4.69, 9.17) is 0 Å². The number of hydrogen-bond donors (Lipinski definition) is 1. The highest BCUT2D eigenvalue weighted by Gasteiger charge is 2.33.